The van der Waals surface area contributed by atoms with Crippen molar-refractivity contribution in [3.05, 3.63) is 0 Å². The lowest BCUT2D eigenvalue weighted by Gasteiger charge is -2.10. The third kappa shape index (κ3) is 19.5. The molecule has 0 amide bonds. The Kier molecular flexibility index (Phi) is 18.6. The van der Waals surface area contributed by atoms with E-state index < -0.39 is 0 Å². The zero-order valence-corrected chi connectivity index (χ0v) is 19.8. The van der Waals surface area contributed by atoms with Crippen molar-refractivity contribution in [3.8, 4) is 0 Å². The maximum Gasteiger partial charge on any atom is 0.112 e. The van der Waals surface area contributed by atoms with Gasteiger partial charge in [0.05, 0.1) is 13.2 Å². The molecule has 0 N–H and O–H groups in total. The van der Waals surface area contributed by atoms with E-state index in [1.54, 1.807) is 0 Å². The van der Waals surface area contributed by atoms with Gasteiger partial charge in [-0.15, -0.1) is 0 Å². The summed E-state index contributed by atoms with van der Waals surface area (Å²) < 4.78 is 10.8. The zero-order valence-electron chi connectivity index (χ0n) is 18.2. The van der Waals surface area contributed by atoms with Crippen molar-refractivity contribution in [2.45, 2.75) is 140 Å². The summed E-state index contributed by atoms with van der Waals surface area (Å²) in [6.45, 7) is 3.94. The van der Waals surface area contributed by atoms with Crippen LogP contribution in [-0.2, 0) is 9.47 Å². The van der Waals surface area contributed by atoms with Crippen molar-refractivity contribution in [1.82, 2.24) is 0 Å². The second-order valence-electron chi connectivity index (χ2n) is 8.50. The Morgan fingerprint density at radius 1 is 0.704 bits per heavy atom. The Bertz CT molecular complexity index is 294. The van der Waals surface area contributed by atoms with Gasteiger partial charge >= 0.3 is 0 Å². The second-order valence-corrected chi connectivity index (χ2v) is 9.52. The third-order valence-corrected chi connectivity index (χ3v) is 6.37. The highest BCUT2D eigenvalue weighted by Gasteiger charge is 2.23. The van der Waals surface area contributed by atoms with Crippen LogP contribution < -0.4 is 0 Å². The molecule has 1 aliphatic heterocycles. The van der Waals surface area contributed by atoms with Crippen molar-refractivity contribution in [2.75, 3.05) is 13.2 Å². The molecule has 0 aromatic carbocycles. The Balaban J connectivity index is 1.64. The molecule has 162 valence electrons. The molecule has 1 aliphatic rings. The fourth-order valence-electron chi connectivity index (χ4n) is 3.67. The SMILES string of the molecule is CCCCCCCCCCCCCCCCCCCCC(Br)OCC1CO1. The molecule has 27 heavy (non-hydrogen) atoms. The van der Waals surface area contributed by atoms with Gasteiger partial charge in [0.25, 0.3) is 0 Å². The fourth-order valence-corrected chi connectivity index (χ4v) is 4.14. The highest BCUT2D eigenvalue weighted by Crippen LogP contribution is 2.18. The summed E-state index contributed by atoms with van der Waals surface area (Å²) >= 11 is 3.61. The summed E-state index contributed by atoms with van der Waals surface area (Å²) in [6.07, 6.45) is 27.3. The van der Waals surface area contributed by atoms with Crippen LogP contribution in [0.15, 0.2) is 0 Å². The second kappa shape index (κ2) is 19.7. The normalized spacial score (nSPS) is 17.3. The highest BCUT2D eigenvalue weighted by molar-refractivity contribution is 9.09. The lowest BCUT2D eigenvalue weighted by molar-refractivity contribution is 0.0944. The predicted molar refractivity (Wildman–Crippen MR) is 122 cm³/mol. The summed E-state index contributed by atoms with van der Waals surface area (Å²) in [4.78, 5) is 0. The fraction of sp³-hybridized carbons (Fsp3) is 1.00. The van der Waals surface area contributed by atoms with Crippen LogP contribution in [-0.4, -0.2) is 24.3 Å². The molecule has 0 radical (unpaired) electrons. The van der Waals surface area contributed by atoms with Gasteiger partial charge in [-0.1, -0.05) is 132 Å². The molecule has 0 spiro atoms. The standard InChI is InChI=1S/C24H47BrO2/c1-2-3-4-5-6-7-8-9-10-11-12-13-14-15-16-17-18-19-20-24(25)27-22-23-21-26-23/h23-24H,2-22H2,1H3. The molecule has 3 heteroatoms. The van der Waals surface area contributed by atoms with Crippen molar-refractivity contribution in [2.24, 2.45) is 0 Å². The molecule has 1 saturated heterocycles. The number of hydrogen-bond acceptors (Lipinski definition) is 2. The molecule has 0 bridgehead atoms. The minimum absolute atomic E-state index is 0.225. The first-order chi connectivity index (χ1) is 13.3. The van der Waals surface area contributed by atoms with Crippen LogP contribution in [0.4, 0.5) is 0 Å². The van der Waals surface area contributed by atoms with Crippen LogP contribution in [0.2, 0.25) is 0 Å². The van der Waals surface area contributed by atoms with Gasteiger partial charge in [-0.3, -0.25) is 0 Å². The summed E-state index contributed by atoms with van der Waals surface area (Å²) in [6, 6.07) is 0. The molecular formula is C24H47BrO2. The van der Waals surface area contributed by atoms with Crippen molar-refractivity contribution in [3.63, 3.8) is 0 Å². The first-order valence-electron chi connectivity index (χ1n) is 12.2. The molecule has 1 fully saturated rings. The minimum Gasteiger partial charge on any atom is -0.371 e. The van der Waals surface area contributed by atoms with Gasteiger partial charge in [0.15, 0.2) is 0 Å². The predicted octanol–water partition coefficient (Wildman–Crippen LogP) is 8.55. The van der Waals surface area contributed by atoms with Crippen LogP contribution in [0.1, 0.15) is 129 Å². The van der Waals surface area contributed by atoms with E-state index in [9.17, 15) is 0 Å². The summed E-state index contributed by atoms with van der Waals surface area (Å²) in [5, 5.41) is 0.225. The van der Waals surface area contributed by atoms with Crippen LogP contribution in [0.25, 0.3) is 0 Å². The molecule has 1 rings (SSSR count). The van der Waals surface area contributed by atoms with E-state index in [1.807, 2.05) is 0 Å². The molecule has 1 heterocycles. The van der Waals surface area contributed by atoms with Crippen LogP contribution >= 0.6 is 15.9 Å². The number of ether oxygens (including phenoxy) is 2. The topological polar surface area (TPSA) is 21.8 Å². The monoisotopic (exact) mass is 446 g/mol. The van der Waals surface area contributed by atoms with E-state index in [0.29, 0.717) is 6.10 Å². The number of hydrogen-bond donors (Lipinski definition) is 0. The van der Waals surface area contributed by atoms with Gasteiger partial charge in [-0.25, -0.2) is 0 Å². The van der Waals surface area contributed by atoms with Crippen LogP contribution in [0, 0.1) is 0 Å². The number of unbranched alkanes of at least 4 members (excludes halogenated alkanes) is 17. The van der Waals surface area contributed by atoms with Gasteiger partial charge in [0, 0.05) is 0 Å². The summed E-state index contributed by atoms with van der Waals surface area (Å²) in [5.41, 5.74) is 0. The van der Waals surface area contributed by atoms with E-state index in [0.717, 1.165) is 19.6 Å². The van der Waals surface area contributed by atoms with E-state index in [1.165, 1.54) is 116 Å². The molecule has 0 aromatic rings. The zero-order chi connectivity index (χ0) is 19.4. The van der Waals surface area contributed by atoms with Crippen LogP contribution in [0.3, 0.4) is 0 Å². The smallest absolute Gasteiger partial charge is 0.112 e. The van der Waals surface area contributed by atoms with Gasteiger partial charge < -0.3 is 9.47 Å². The van der Waals surface area contributed by atoms with Crippen LogP contribution in [0.5, 0.6) is 0 Å². The summed E-state index contributed by atoms with van der Waals surface area (Å²) in [7, 11) is 0. The number of epoxide rings is 1. The summed E-state index contributed by atoms with van der Waals surface area (Å²) in [5.74, 6) is 0. The Morgan fingerprint density at radius 2 is 1.07 bits per heavy atom. The van der Waals surface area contributed by atoms with Gasteiger partial charge in [0.2, 0.25) is 0 Å². The molecule has 0 aliphatic carbocycles. The lowest BCUT2D eigenvalue weighted by Crippen LogP contribution is -2.09. The molecular weight excluding hydrogens is 400 g/mol. The molecule has 2 unspecified atom stereocenters. The van der Waals surface area contributed by atoms with Gasteiger partial charge in [-0.2, -0.15) is 0 Å². The maximum absolute atomic E-state index is 5.69. The molecule has 0 saturated carbocycles. The first kappa shape index (κ1) is 25.4. The average Bonchev–Trinajstić information content (AvgIpc) is 3.50. The molecule has 2 atom stereocenters. The number of alkyl halides is 1. The van der Waals surface area contributed by atoms with Crippen molar-refractivity contribution < 1.29 is 9.47 Å². The van der Waals surface area contributed by atoms with E-state index in [4.69, 9.17) is 9.47 Å². The molecule has 0 aromatic heterocycles. The van der Waals surface area contributed by atoms with Gasteiger partial charge in [-0.05, 0) is 12.8 Å². The maximum atomic E-state index is 5.69. The van der Waals surface area contributed by atoms with E-state index in [2.05, 4.69) is 22.9 Å². The van der Waals surface area contributed by atoms with Crippen molar-refractivity contribution in [1.29, 1.82) is 0 Å². The lowest BCUT2D eigenvalue weighted by atomic mass is 10.0. The van der Waals surface area contributed by atoms with E-state index >= 15 is 0 Å². The average molecular weight is 448 g/mol. The Labute approximate surface area is 178 Å². The minimum atomic E-state index is 0.225. The van der Waals surface area contributed by atoms with Gasteiger partial charge in [0.1, 0.15) is 11.1 Å². The third-order valence-electron chi connectivity index (χ3n) is 5.65. The quantitative estimate of drug-likeness (QED) is 0.0942. The van der Waals surface area contributed by atoms with E-state index in [-0.39, 0.29) is 5.01 Å². The van der Waals surface area contributed by atoms with Crippen molar-refractivity contribution >= 4 is 15.9 Å². The molecule has 2 nitrogen and oxygen atoms in total. The largest absolute Gasteiger partial charge is 0.371 e. The Hall–Kier alpha value is 0.400. The number of rotatable bonds is 22. The highest BCUT2D eigenvalue weighted by atomic mass is 79.9. The first-order valence-corrected chi connectivity index (χ1v) is 13.1. The number of halogens is 1. The Morgan fingerprint density at radius 3 is 1.44 bits per heavy atom.